The third-order valence-electron chi connectivity index (χ3n) is 7.75. The summed E-state index contributed by atoms with van der Waals surface area (Å²) in [5.74, 6) is -1.81. The molecule has 0 radical (unpaired) electrons. The number of benzene rings is 2. The van der Waals surface area contributed by atoms with Crippen LogP contribution in [0.2, 0.25) is 0 Å². The number of hydrogen-bond donors (Lipinski definition) is 2. The van der Waals surface area contributed by atoms with E-state index in [9.17, 15) is 19.2 Å². The molecule has 8 heteroatoms. The maximum absolute atomic E-state index is 14.1. The van der Waals surface area contributed by atoms with Gasteiger partial charge in [0.15, 0.2) is 0 Å². The first-order valence-electron chi connectivity index (χ1n) is 13.3. The third-order valence-corrected chi connectivity index (χ3v) is 7.75. The maximum Gasteiger partial charge on any atom is 0.332 e. The summed E-state index contributed by atoms with van der Waals surface area (Å²) in [5, 5.41) is 2.95. The Morgan fingerprint density at radius 3 is 2.21 bits per heavy atom. The van der Waals surface area contributed by atoms with Gasteiger partial charge in [-0.2, -0.15) is 0 Å². The first-order valence-corrected chi connectivity index (χ1v) is 13.3. The number of amides is 5. The van der Waals surface area contributed by atoms with Crippen molar-refractivity contribution in [2.24, 2.45) is 5.73 Å². The van der Waals surface area contributed by atoms with Crippen LogP contribution < -0.4 is 16.0 Å². The van der Waals surface area contributed by atoms with Gasteiger partial charge in [-0.3, -0.25) is 19.3 Å². The SMILES string of the molecule is Cc1ccc(N2C(=O)N(C(CC(N)=O)C(=O)Nc3c(C)cccc3C(C)(C)C)C(=O)C23CCCCC3)cc1. The number of urea groups is 1. The molecular formula is C30H38N4O4. The van der Waals surface area contributed by atoms with Crippen LogP contribution >= 0.6 is 0 Å². The Morgan fingerprint density at radius 1 is 1.00 bits per heavy atom. The van der Waals surface area contributed by atoms with Crippen LogP contribution in [0.3, 0.4) is 0 Å². The number of anilines is 2. The van der Waals surface area contributed by atoms with E-state index in [0.29, 0.717) is 24.2 Å². The van der Waals surface area contributed by atoms with Gasteiger partial charge in [0.2, 0.25) is 11.8 Å². The van der Waals surface area contributed by atoms with Gasteiger partial charge < -0.3 is 11.1 Å². The van der Waals surface area contributed by atoms with Gasteiger partial charge in [0, 0.05) is 11.4 Å². The minimum absolute atomic E-state index is 0.276. The zero-order chi connectivity index (χ0) is 27.8. The number of hydrogen-bond acceptors (Lipinski definition) is 4. The standard InChI is InChI=1S/C30H38N4O4/c1-19-12-14-21(15-13-19)34-28(38)33(27(37)30(34)16-7-6-8-17-30)23(18-24(31)35)26(36)32-25-20(2)10-9-11-22(25)29(3,4)5/h9-15,23H,6-8,16-18H2,1-5H3,(H2,31,35)(H,32,36). The fraction of sp³-hybridized carbons (Fsp3) is 0.467. The van der Waals surface area contributed by atoms with Gasteiger partial charge in [0.1, 0.15) is 11.6 Å². The fourth-order valence-electron chi connectivity index (χ4n) is 5.75. The Balaban J connectivity index is 1.77. The number of primary amides is 1. The molecule has 2 aliphatic rings. The van der Waals surface area contributed by atoms with Gasteiger partial charge in [-0.1, -0.05) is 75.9 Å². The highest BCUT2D eigenvalue weighted by atomic mass is 16.2. The van der Waals surface area contributed by atoms with Crippen molar-refractivity contribution in [3.8, 4) is 0 Å². The summed E-state index contributed by atoms with van der Waals surface area (Å²) >= 11 is 0. The highest BCUT2D eigenvalue weighted by molar-refractivity contribution is 6.19. The summed E-state index contributed by atoms with van der Waals surface area (Å²) in [6, 6.07) is 11.2. The Kier molecular flexibility index (Phi) is 7.37. The second-order valence-corrected chi connectivity index (χ2v) is 11.6. The molecule has 8 nitrogen and oxygen atoms in total. The van der Waals surface area contributed by atoms with E-state index < -0.39 is 41.8 Å². The average molecular weight is 519 g/mol. The number of carbonyl (C=O) groups is 4. The molecule has 1 heterocycles. The van der Waals surface area contributed by atoms with Crippen molar-refractivity contribution < 1.29 is 19.2 Å². The molecule has 1 atom stereocenters. The largest absolute Gasteiger partial charge is 0.370 e. The van der Waals surface area contributed by atoms with Gasteiger partial charge in [0.05, 0.1) is 6.42 Å². The molecule has 1 saturated heterocycles. The molecule has 5 amide bonds. The van der Waals surface area contributed by atoms with Crippen LogP contribution in [-0.4, -0.2) is 40.2 Å². The zero-order valence-corrected chi connectivity index (χ0v) is 23.0. The van der Waals surface area contributed by atoms with Crippen molar-refractivity contribution in [1.29, 1.82) is 0 Å². The summed E-state index contributed by atoms with van der Waals surface area (Å²) in [5.41, 5.74) is 8.20. The number of aryl methyl sites for hydroxylation is 2. The Hall–Kier alpha value is -3.68. The highest BCUT2D eigenvalue weighted by Gasteiger charge is 2.60. The second-order valence-electron chi connectivity index (χ2n) is 11.6. The number of rotatable bonds is 6. The van der Waals surface area contributed by atoms with Crippen LogP contribution in [0.1, 0.15) is 76.0 Å². The molecule has 2 fully saturated rings. The topological polar surface area (TPSA) is 113 Å². The van der Waals surface area contributed by atoms with E-state index in [1.165, 1.54) is 0 Å². The summed E-state index contributed by atoms with van der Waals surface area (Å²) in [6.45, 7) is 9.96. The minimum atomic E-state index is -1.37. The van der Waals surface area contributed by atoms with Crippen molar-refractivity contribution >= 4 is 35.1 Å². The van der Waals surface area contributed by atoms with Crippen LogP contribution in [0.5, 0.6) is 0 Å². The lowest BCUT2D eigenvalue weighted by Crippen LogP contribution is -2.53. The molecule has 1 saturated carbocycles. The zero-order valence-electron chi connectivity index (χ0n) is 23.0. The number of imide groups is 1. The number of carbonyl (C=O) groups excluding carboxylic acids is 4. The molecule has 1 spiro atoms. The maximum atomic E-state index is 14.1. The summed E-state index contributed by atoms with van der Waals surface area (Å²) < 4.78 is 0. The van der Waals surface area contributed by atoms with Crippen molar-refractivity contribution in [3.05, 3.63) is 59.2 Å². The predicted molar refractivity (Wildman–Crippen MR) is 148 cm³/mol. The lowest BCUT2D eigenvalue weighted by atomic mass is 9.80. The first-order chi connectivity index (χ1) is 17.9. The molecule has 202 valence electrons. The molecule has 1 aliphatic carbocycles. The van der Waals surface area contributed by atoms with Crippen molar-refractivity contribution in [1.82, 2.24) is 4.90 Å². The molecule has 4 rings (SSSR count). The van der Waals surface area contributed by atoms with E-state index in [-0.39, 0.29) is 5.41 Å². The van der Waals surface area contributed by atoms with E-state index in [2.05, 4.69) is 5.32 Å². The quantitative estimate of drug-likeness (QED) is 0.527. The Bertz CT molecular complexity index is 1260. The Morgan fingerprint density at radius 2 is 1.63 bits per heavy atom. The van der Waals surface area contributed by atoms with E-state index in [0.717, 1.165) is 40.9 Å². The second kappa shape index (κ2) is 10.2. The smallest absolute Gasteiger partial charge is 0.332 e. The van der Waals surface area contributed by atoms with Gasteiger partial charge >= 0.3 is 6.03 Å². The minimum Gasteiger partial charge on any atom is -0.370 e. The van der Waals surface area contributed by atoms with Gasteiger partial charge in [-0.05, 0) is 55.4 Å². The van der Waals surface area contributed by atoms with E-state index in [1.807, 2.05) is 77.1 Å². The molecule has 1 unspecified atom stereocenters. The van der Waals surface area contributed by atoms with Crippen molar-refractivity contribution in [3.63, 3.8) is 0 Å². The van der Waals surface area contributed by atoms with Gasteiger partial charge in [-0.15, -0.1) is 0 Å². The Labute approximate surface area is 224 Å². The predicted octanol–water partition coefficient (Wildman–Crippen LogP) is 4.96. The van der Waals surface area contributed by atoms with Crippen LogP contribution in [-0.2, 0) is 19.8 Å². The normalized spacial score (nSPS) is 18.1. The van der Waals surface area contributed by atoms with Crippen LogP contribution in [0, 0.1) is 13.8 Å². The summed E-state index contributed by atoms with van der Waals surface area (Å²) in [6.07, 6.45) is 3.09. The molecule has 2 aromatic rings. The van der Waals surface area contributed by atoms with E-state index in [4.69, 9.17) is 5.73 Å². The van der Waals surface area contributed by atoms with Crippen LogP contribution in [0.4, 0.5) is 16.2 Å². The van der Waals surface area contributed by atoms with Gasteiger partial charge in [-0.25, -0.2) is 9.69 Å². The molecule has 38 heavy (non-hydrogen) atoms. The molecule has 0 bridgehead atoms. The number of nitrogens with zero attached hydrogens (tertiary/aromatic N) is 2. The summed E-state index contributed by atoms with van der Waals surface area (Å²) in [4.78, 5) is 56.7. The van der Waals surface area contributed by atoms with Crippen LogP contribution in [0.25, 0.3) is 0 Å². The number of para-hydroxylation sites is 1. The number of nitrogens with two attached hydrogens (primary N) is 1. The van der Waals surface area contributed by atoms with Crippen LogP contribution in [0.15, 0.2) is 42.5 Å². The summed E-state index contributed by atoms with van der Waals surface area (Å²) in [7, 11) is 0. The lowest BCUT2D eigenvalue weighted by molar-refractivity contribution is -0.138. The highest BCUT2D eigenvalue weighted by Crippen LogP contribution is 2.44. The molecule has 3 N–H and O–H groups in total. The molecular weight excluding hydrogens is 480 g/mol. The van der Waals surface area contributed by atoms with Crippen molar-refractivity contribution in [2.75, 3.05) is 10.2 Å². The monoisotopic (exact) mass is 518 g/mol. The van der Waals surface area contributed by atoms with E-state index >= 15 is 0 Å². The average Bonchev–Trinajstić information content (AvgIpc) is 3.04. The third kappa shape index (κ3) is 4.91. The first kappa shape index (κ1) is 27.4. The molecule has 0 aromatic heterocycles. The van der Waals surface area contributed by atoms with Gasteiger partial charge in [0.25, 0.3) is 5.91 Å². The lowest BCUT2D eigenvalue weighted by Gasteiger charge is -2.38. The fourth-order valence-corrected chi connectivity index (χ4v) is 5.75. The molecule has 2 aromatic carbocycles. The number of nitrogens with one attached hydrogen (secondary N) is 1. The van der Waals surface area contributed by atoms with E-state index in [1.54, 1.807) is 4.90 Å². The van der Waals surface area contributed by atoms with Crippen molar-refractivity contribution in [2.45, 2.75) is 90.1 Å². The molecule has 1 aliphatic heterocycles.